The summed E-state index contributed by atoms with van der Waals surface area (Å²) in [7, 11) is 1.62. The highest BCUT2D eigenvalue weighted by Crippen LogP contribution is 2.20. The first kappa shape index (κ1) is 19.6. The van der Waals surface area contributed by atoms with E-state index < -0.39 is 5.97 Å². The molecule has 0 amide bonds. The van der Waals surface area contributed by atoms with Gasteiger partial charge < -0.3 is 9.47 Å². The van der Waals surface area contributed by atoms with Gasteiger partial charge in [0.25, 0.3) is 0 Å². The number of rotatable bonds is 6. The fourth-order valence-corrected chi connectivity index (χ4v) is 2.64. The second-order valence-electron chi connectivity index (χ2n) is 5.80. The van der Waals surface area contributed by atoms with E-state index in [2.05, 4.69) is 20.9 Å². The van der Waals surface area contributed by atoms with Crippen LogP contribution < -0.4 is 9.47 Å². The minimum Gasteiger partial charge on any atom is -0.497 e. The Balaban J connectivity index is 1.69. The number of esters is 1. The van der Waals surface area contributed by atoms with Crippen LogP contribution in [0.15, 0.2) is 88.3 Å². The molecule has 0 atom stereocenters. The Morgan fingerprint density at radius 3 is 2.39 bits per heavy atom. The molecule has 28 heavy (non-hydrogen) atoms. The van der Waals surface area contributed by atoms with Gasteiger partial charge in [0, 0.05) is 22.3 Å². The summed E-state index contributed by atoms with van der Waals surface area (Å²) < 4.78 is 11.6. The smallest absolute Gasteiger partial charge is 0.336 e. The van der Waals surface area contributed by atoms with Gasteiger partial charge in [0.2, 0.25) is 0 Å². The predicted molar refractivity (Wildman–Crippen MR) is 116 cm³/mol. The third kappa shape index (κ3) is 5.66. The van der Waals surface area contributed by atoms with Crippen molar-refractivity contribution < 1.29 is 14.3 Å². The van der Waals surface area contributed by atoms with Crippen LogP contribution in [0.1, 0.15) is 11.1 Å². The van der Waals surface area contributed by atoms with Crippen molar-refractivity contribution in [1.82, 2.24) is 0 Å². The Kier molecular flexibility index (Phi) is 6.76. The second kappa shape index (κ2) is 9.67. The molecule has 0 spiro atoms. The maximum absolute atomic E-state index is 12.2. The van der Waals surface area contributed by atoms with Gasteiger partial charge in [-0.2, -0.15) is 0 Å². The van der Waals surface area contributed by atoms with Gasteiger partial charge in [0.15, 0.2) is 0 Å². The Hall–Kier alpha value is -3.18. The molecule has 3 rings (SSSR count). The normalized spacial score (nSPS) is 11.1. The molecule has 0 saturated carbocycles. The van der Waals surface area contributed by atoms with Crippen LogP contribution in [0.25, 0.3) is 6.08 Å². The zero-order valence-electron chi connectivity index (χ0n) is 15.2. The Labute approximate surface area is 172 Å². The number of ether oxygens (including phenoxy) is 2. The molecule has 0 bridgehead atoms. The van der Waals surface area contributed by atoms with Crippen molar-refractivity contribution in [3.63, 3.8) is 0 Å². The van der Waals surface area contributed by atoms with Crippen LogP contribution in [0.3, 0.4) is 0 Å². The van der Waals surface area contributed by atoms with Gasteiger partial charge in [-0.15, -0.1) is 0 Å². The number of aliphatic imine (C=N–C) groups is 1. The molecular weight excluding hydrogens is 418 g/mol. The molecule has 0 radical (unpaired) electrons. The first-order valence-corrected chi connectivity index (χ1v) is 9.36. The molecule has 0 saturated heterocycles. The molecule has 0 heterocycles. The average Bonchev–Trinajstić information content (AvgIpc) is 2.73. The van der Waals surface area contributed by atoms with Crippen LogP contribution in [-0.4, -0.2) is 19.3 Å². The minimum atomic E-state index is -0.451. The highest BCUT2D eigenvalue weighted by atomic mass is 79.9. The third-order valence-corrected chi connectivity index (χ3v) is 4.37. The van der Waals surface area contributed by atoms with Gasteiger partial charge in [0.1, 0.15) is 11.5 Å². The summed E-state index contributed by atoms with van der Waals surface area (Å²) in [6, 6.07) is 22.3. The van der Waals surface area contributed by atoms with Crippen molar-refractivity contribution in [2.75, 3.05) is 7.11 Å². The third-order valence-electron chi connectivity index (χ3n) is 3.84. The average molecular weight is 436 g/mol. The molecule has 0 aliphatic rings. The number of hydrogen-bond donors (Lipinski definition) is 0. The zero-order chi connectivity index (χ0) is 19.8. The summed E-state index contributed by atoms with van der Waals surface area (Å²) in [6.45, 7) is 0. The molecular formula is C23H18BrNO3. The lowest BCUT2D eigenvalue weighted by Crippen LogP contribution is -2.05. The summed E-state index contributed by atoms with van der Waals surface area (Å²) in [5, 5.41) is 0. The van der Waals surface area contributed by atoms with Crippen LogP contribution in [0.4, 0.5) is 5.69 Å². The van der Waals surface area contributed by atoms with E-state index >= 15 is 0 Å². The van der Waals surface area contributed by atoms with E-state index in [4.69, 9.17) is 9.47 Å². The number of benzene rings is 3. The molecule has 5 heteroatoms. The topological polar surface area (TPSA) is 47.9 Å². The summed E-state index contributed by atoms with van der Waals surface area (Å²) in [5.74, 6) is 0.768. The molecule has 140 valence electrons. The monoisotopic (exact) mass is 435 g/mol. The Bertz CT molecular complexity index is 993. The zero-order valence-corrected chi connectivity index (χ0v) is 16.8. The Morgan fingerprint density at radius 1 is 0.964 bits per heavy atom. The van der Waals surface area contributed by atoms with Gasteiger partial charge in [-0.1, -0.05) is 40.2 Å². The van der Waals surface area contributed by atoms with Crippen molar-refractivity contribution in [1.29, 1.82) is 0 Å². The van der Waals surface area contributed by atoms with E-state index in [0.717, 1.165) is 21.5 Å². The fraction of sp³-hybridized carbons (Fsp3) is 0.0435. The van der Waals surface area contributed by atoms with Crippen LogP contribution in [0.2, 0.25) is 0 Å². The maximum atomic E-state index is 12.2. The maximum Gasteiger partial charge on any atom is 0.336 e. The Morgan fingerprint density at radius 2 is 1.68 bits per heavy atom. The molecule has 0 aliphatic carbocycles. The van der Waals surface area contributed by atoms with E-state index in [1.54, 1.807) is 25.5 Å². The number of hydrogen-bond acceptors (Lipinski definition) is 4. The quantitative estimate of drug-likeness (QED) is 0.212. The van der Waals surface area contributed by atoms with Crippen molar-refractivity contribution in [2.45, 2.75) is 0 Å². The number of halogens is 1. The number of carbonyl (C=O) groups excluding carboxylic acids is 1. The van der Waals surface area contributed by atoms with Gasteiger partial charge >= 0.3 is 5.97 Å². The van der Waals surface area contributed by atoms with Crippen molar-refractivity contribution in [2.24, 2.45) is 4.99 Å². The molecule has 0 aromatic heterocycles. The summed E-state index contributed by atoms with van der Waals surface area (Å²) in [4.78, 5) is 16.6. The molecule has 3 aromatic rings. The van der Waals surface area contributed by atoms with Crippen LogP contribution in [0.5, 0.6) is 11.5 Å². The SMILES string of the molecule is COc1ccc(N=Cc2ccccc2OC(=O)C=Cc2ccc(Br)cc2)cc1. The summed E-state index contributed by atoms with van der Waals surface area (Å²) in [5.41, 5.74) is 2.40. The van der Waals surface area contributed by atoms with E-state index in [9.17, 15) is 4.79 Å². The highest BCUT2D eigenvalue weighted by Gasteiger charge is 2.05. The molecule has 4 nitrogen and oxygen atoms in total. The molecule has 0 fully saturated rings. The van der Waals surface area contributed by atoms with Gasteiger partial charge in [-0.05, 0) is 60.2 Å². The first-order valence-electron chi connectivity index (χ1n) is 8.56. The van der Waals surface area contributed by atoms with E-state index in [0.29, 0.717) is 11.3 Å². The van der Waals surface area contributed by atoms with Crippen molar-refractivity contribution in [3.05, 3.63) is 94.5 Å². The number of nitrogens with zero attached hydrogens (tertiary/aromatic N) is 1. The minimum absolute atomic E-state index is 0.449. The van der Waals surface area contributed by atoms with Crippen LogP contribution >= 0.6 is 15.9 Å². The van der Waals surface area contributed by atoms with E-state index in [1.807, 2.05) is 66.7 Å². The second-order valence-corrected chi connectivity index (χ2v) is 6.72. The predicted octanol–water partition coefficient (Wildman–Crippen LogP) is 5.83. The van der Waals surface area contributed by atoms with Gasteiger partial charge in [-0.25, -0.2) is 4.79 Å². The van der Waals surface area contributed by atoms with Crippen molar-refractivity contribution >= 4 is 39.9 Å². The van der Waals surface area contributed by atoms with Crippen LogP contribution in [0, 0.1) is 0 Å². The largest absolute Gasteiger partial charge is 0.497 e. The lowest BCUT2D eigenvalue weighted by atomic mass is 10.2. The molecule has 0 aliphatic heterocycles. The number of para-hydroxylation sites is 1. The molecule has 0 unspecified atom stereocenters. The lowest BCUT2D eigenvalue weighted by molar-refractivity contribution is -0.128. The standard InChI is InChI=1S/C23H18BrNO3/c1-27-21-13-11-20(12-14-21)25-16-18-4-2-3-5-22(18)28-23(26)15-8-17-6-9-19(24)10-7-17/h2-16H,1H3. The van der Waals surface area contributed by atoms with Crippen LogP contribution in [-0.2, 0) is 4.79 Å². The number of methoxy groups -OCH3 is 1. The first-order chi connectivity index (χ1) is 13.6. The van der Waals surface area contributed by atoms with E-state index in [1.165, 1.54) is 6.08 Å². The molecule has 0 N–H and O–H groups in total. The van der Waals surface area contributed by atoms with Gasteiger partial charge in [0.05, 0.1) is 12.8 Å². The number of carbonyl (C=O) groups is 1. The van der Waals surface area contributed by atoms with Gasteiger partial charge in [-0.3, -0.25) is 4.99 Å². The summed E-state index contributed by atoms with van der Waals surface area (Å²) >= 11 is 3.38. The fourth-order valence-electron chi connectivity index (χ4n) is 2.37. The molecule has 3 aromatic carbocycles. The summed E-state index contributed by atoms with van der Waals surface area (Å²) in [6.07, 6.45) is 4.78. The van der Waals surface area contributed by atoms with Crippen molar-refractivity contribution in [3.8, 4) is 11.5 Å². The highest BCUT2D eigenvalue weighted by molar-refractivity contribution is 9.10. The lowest BCUT2D eigenvalue weighted by Gasteiger charge is -2.05. The van der Waals surface area contributed by atoms with E-state index in [-0.39, 0.29) is 0 Å².